The molecule has 2 aromatic carbocycles. The highest BCUT2D eigenvalue weighted by Gasteiger charge is 2.22. The van der Waals surface area contributed by atoms with Crippen LogP contribution < -0.4 is 4.90 Å². The number of rotatable bonds is 2. The van der Waals surface area contributed by atoms with Crippen molar-refractivity contribution >= 4 is 16.5 Å². The van der Waals surface area contributed by atoms with Crippen molar-refractivity contribution in [2.24, 2.45) is 5.92 Å². The molecule has 96 valence electrons. The molecule has 1 heterocycles. The summed E-state index contributed by atoms with van der Waals surface area (Å²) in [5.74, 6) is 0.814. The van der Waals surface area contributed by atoms with Crippen molar-refractivity contribution in [3.05, 3.63) is 42.0 Å². The molecule has 0 amide bonds. The van der Waals surface area contributed by atoms with Gasteiger partial charge in [-0.2, -0.15) is 5.26 Å². The maximum atomic E-state index is 9.21. The summed E-state index contributed by atoms with van der Waals surface area (Å²) in [7, 11) is 0. The van der Waals surface area contributed by atoms with Gasteiger partial charge in [-0.15, -0.1) is 0 Å². The van der Waals surface area contributed by atoms with E-state index in [0.717, 1.165) is 30.0 Å². The number of hydrogen-bond acceptors (Lipinski definition) is 2. The molecule has 0 aromatic heterocycles. The summed E-state index contributed by atoms with van der Waals surface area (Å²) in [6, 6.07) is 14.6. The monoisotopic (exact) mass is 250 g/mol. The Kier molecular flexibility index (Phi) is 3.13. The normalized spacial score (nSPS) is 18.7. The summed E-state index contributed by atoms with van der Waals surface area (Å²) in [5, 5.41) is 11.5. The molecular weight excluding hydrogens is 232 g/mol. The molecule has 2 heteroatoms. The number of hydrogen-bond donors (Lipinski definition) is 0. The Morgan fingerprint density at radius 3 is 2.68 bits per heavy atom. The Hall–Kier alpha value is -2.01. The fraction of sp³-hybridized carbons (Fsp3) is 0.353. The average molecular weight is 250 g/mol. The minimum atomic E-state index is 0.769. The predicted octanol–water partition coefficient (Wildman–Crippen LogP) is 3.95. The number of nitriles is 1. The van der Waals surface area contributed by atoms with Gasteiger partial charge >= 0.3 is 0 Å². The summed E-state index contributed by atoms with van der Waals surface area (Å²) >= 11 is 0. The zero-order valence-electron chi connectivity index (χ0n) is 11.3. The van der Waals surface area contributed by atoms with E-state index in [1.54, 1.807) is 0 Å². The number of benzene rings is 2. The number of fused-ring (bicyclic) bond motifs is 1. The molecule has 0 saturated carbocycles. The molecule has 2 aromatic rings. The summed E-state index contributed by atoms with van der Waals surface area (Å²) in [5.41, 5.74) is 2.05. The Labute approximate surface area is 114 Å². The lowest BCUT2D eigenvalue weighted by molar-refractivity contribution is 0.569. The van der Waals surface area contributed by atoms with Crippen molar-refractivity contribution in [2.75, 3.05) is 18.0 Å². The Morgan fingerprint density at radius 1 is 1.21 bits per heavy atom. The molecule has 0 spiro atoms. The largest absolute Gasteiger partial charge is 0.371 e. The first-order chi connectivity index (χ1) is 9.33. The molecule has 2 nitrogen and oxygen atoms in total. The van der Waals surface area contributed by atoms with Gasteiger partial charge in [-0.05, 0) is 24.5 Å². The first-order valence-corrected chi connectivity index (χ1v) is 7.00. The van der Waals surface area contributed by atoms with Gasteiger partial charge in [0.05, 0.1) is 11.6 Å². The third-order valence-corrected chi connectivity index (χ3v) is 4.23. The van der Waals surface area contributed by atoms with Crippen molar-refractivity contribution < 1.29 is 0 Å². The van der Waals surface area contributed by atoms with E-state index in [4.69, 9.17) is 0 Å². The number of nitrogens with zero attached hydrogens (tertiary/aromatic N) is 2. The van der Waals surface area contributed by atoms with Crippen LogP contribution in [0.1, 0.15) is 25.3 Å². The number of anilines is 1. The Morgan fingerprint density at radius 2 is 2.00 bits per heavy atom. The SMILES string of the molecule is CCC1CCN(c2ccc(C#N)c3ccccc23)C1. The molecule has 0 bridgehead atoms. The molecular formula is C17H18N2. The fourth-order valence-electron chi connectivity index (χ4n) is 3.04. The van der Waals surface area contributed by atoms with Gasteiger partial charge in [-0.25, -0.2) is 0 Å². The molecule has 1 saturated heterocycles. The quantitative estimate of drug-likeness (QED) is 0.807. The topological polar surface area (TPSA) is 27.0 Å². The third-order valence-electron chi connectivity index (χ3n) is 4.23. The van der Waals surface area contributed by atoms with Crippen molar-refractivity contribution in [3.8, 4) is 6.07 Å². The van der Waals surface area contributed by atoms with Gasteiger partial charge in [0, 0.05) is 29.5 Å². The molecule has 1 aliphatic heterocycles. The van der Waals surface area contributed by atoms with Crippen LogP contribution in [-0.4, -0.2) is 13.1 Å². The van der Waals surface area contributed by atoms with Crippen molar-refractivity contribution in [1.29, 1.82) is 5.26 Å². The first kappa shape index (κ1) is 12.0. The molecule has 1 unspecified atom stereocenters. The third kappa shape index (κ3) is 2.06. The van der Waals surface area contributed by atoms with Crippen LogP contribution in [0.15, 0.2) is 36.4 Å². The summed E-state index contributed by atoms with van der Waals surface area (Å²) in [6.45, 7) is 4.55. The molecule has 0 radical (unpaired) electrons. The lowest BCUT2D eigenvalue weighted by atomic mass is 10.0. The van der Waals surface area contributed by atoms with Crippen molar-refractivity contribution in [2.45, 2.75) is 19.8 Å². The van der Waals surface area contributed by atoms with Crippen molar-refractivity contribution in [1.82, 2.24) is 0 Å². The maximum Gasteiger partial charge on any atom is 0.0998 e. The van der Waals surface area contributed by atoms with E-state index in [1.807, 2.05) is 18.2 Å². The van der Waals surface area contributed by atoms with E-state index in [1.165, 1.54) is 23.9 Å². The molecule has 1 fully saturated rings. The molecule has 0 N–H and O–H groups in total. The smallest absolute Gasteiger partial charge is 0.0998 e. The minimum Gasteiger partial charge on any atom is -0.371 e. The second kappa shape index (κ2) is 4.93. The molecule has 1 aliphatic rings. The Balaban J connectivity index is 2.08. The standard InChI is InChI=1S/C17H18N2/c1-2-13-9-10-19(12-13)17-8-7-14(11-18)15-5-3-4-6-16(15)17/h3-8,13H,2,9-10,12H2,1H3. The van der Waals surface area contributed by atoms with Crippen LogP contribution in [0.5, 0.6) is 0 Å². The highest BCUT2D eigenvalue weighted by molar-refractivity contribution is 5.97. The molecule has 19 heavy (non-hydrogen) atoms. The fourth-order valence-corrected chi connectivity index (χ4v) is 3.04. The van der Waals surface area contributed by atoms with Crippen LogP contribution in [-0.2, 0) is 0 Å². The van der Waals surface area contributed by atoms with Gasteiger partial charge < -0.3 is 4.90 Å². The summed E-state index contributed by atoms with van der Waals surface area (Å²) in [4.78, 5) is 2.47. The van der Waals surface area contributed by atoms with Gasteiger partial charge in [0.15, 0.2) is 0 Å². The van der Waals surface area contributed by atoms with Gasteiger partial charge in [0.25, 0.3) is 0 Å². The lowest BCUT2D eigenvalue weighted by Gasteiger charge is -2.21. The maximum absolute atomic E-state index is 9.21. The van der Waals surface area contributed by atoms with Crippen LogP contribution in [0, 0.1) is 17.2 Å². The highest BCUT2D eigenvalue weighted by atomic mass is 15.1. The van der Waals surface area contributed by atoms with Gasteiger partial charge in [0.1, 0.15) is 0 Å². The van der Waals surface area contributed by atoms with Crippen LogP contribution >= 0.6 is 0 Å². The predicted molar refractivity (Wildman–Crippen MR) is 79.3 cm³/mol. The van der Waals surface area contributed by atoms with E-state index in [0.29, 0.717) is 0 Å². The van der Waals surface area contributed by atoms with E-state index in [9.17, 15) is 5.26 Å². The minimum absolute atomic E-state index is 0.769. The van der Waals surface area contributed by atoms with Crippen LogP contribution in [0.4, 0.5) is 5.69 Å². The molecule has 0 aliphatic carbocycles. The van der Waals surface area contributed by atoms with Crippen LogP contribution in [0.3, 0.4) is 0 Å². The van der Waals surface area contributed by atoms with E-state index in [-0.39, 0.29) is 0 Å². The molecule has 3 rings (SSSR count). The summed E-state index contributed by atoms with van der Waals surface area (Å²) < 4.78 is 0. The zero-order chi connectivity index (χ0) is 13.2. The van der Waals surface area contributed by atoms with Crippen LogP contribution in [0.2, 0.25) is 0 Å². The van der Waals surface area contributed by atoms with E-state index in [2.05, 4.69) is 36.1 Å². The van der Waals surface area contributed by atoms with Gasteiger partial charge in [0.2, 0.25) is 0 Å². The summed E-state index contributed by atoms with van der Waals surface area (Å²) in [6.07, 6.45) is 2.54. The first-order valence-electron chi connectivity index (χ1n) is 7.00. The van der Waals surface area contributed by atoms with Gasteiger partial charge in [-0.3, -0.25) is 0 Å². The van der Waals surface area contributed by atoms with Gasteiger partial charge in [-0.1, -0.05) is 37.6 Å². The lowest BCUT2D eigenvalue weighted by Crippen LogP contribution is -2.19. The van der Waals surface area contributed by atoms with E-state index >= 15 is 0 Å². The molecule has 1 atom stereocenters. The second-order valence-corrected chi connectivity index (χ2v) is 5.30. The second-order valence-electron chi connectivity index (χ2n) is 5.30. The average Bonchev–Trinajstić information content (AvgIpc) is 2.95. The zero-order valence-corrected chi connectivity index (χ0v) is 11.3. The van der Waals surface area contributed by atoms with Crippen LogP contribution in [0.25, 0.3) is 10.8 Å². The van der Waals surface area contributed by atoms with Crippen molar-refractivity contribution in [3.63, 3.8) is 0 Å². The van der Waals surface area contributed by atoms with E-state index < -0.39 is 0 Å². The highest BCUT2D eigenvalue weighted by Crippen LogP contribution is 2.33. The Bertz CT molecular complexity index is 639.